The fraction of sp³-hybridized carbons (Fsp3) is 0.562. The lowest BCUT2D eigenvalue weighted by Crippen LogP contribution is -2.18. The molecule has 0 heterocycles. The van der Waals surface area contributed by atoms with Gasteiger partial charge in [0.05, 0.1) is 16.6 Å². The molecule has 1 aromatic rings. The molecule has 0 spiro atoms. The number of benzene rings is 1. The molecule has 2 aliphatic rings. The Morgan fingerprint density at radius 3 is 2.70 bits per heavy atom. The highest BCUT2D eigenvalue weighted by Crippen LogP contribution is 2.44. The monoisotopic (exact) mass is 335 g/mol. The van der Waals surface area contributed by atoms with Crippen LogP contribution < -0.4 is 4.74 Å². The van der Waals surface area contributed by atoms with Crippen LogP contribution in [0.15, 0.2) is 27.7 Å². The van der Waals surface area contributed by atoms with E-state index in [9.17, 15) is 4.79 Å². The number of isocyanates is 1. The molecule has 0 aromatic heterocycles. The summed E-state index contributed by atoms with van der Waals surface area (Å²) < 4.78 is 6.76. The zero-order valence-electron chi connectivity index (χ0n) is 11.4. The average Bonchev–Trinajstić information content (AvgIpc) is 3.15. The molecule has 4 heteroatoms. The van der Waals surface area contributed by atoms with E-state index in [0.29, 0.717) is 0 Å². The molecule has 20 heavy (non-hydrogen) atoms. The van der Waals surface area contributed by atoms with Crippen LogP contribution in [-0.4, -0.2) is 12.7 Å². The first-order valence-electron chi connectivity index (χ1n) is 7.25. The molecule has 0 aliphatic heterocycles. The molecule has 0 bridgehead atoms. The molecular weight excluding hydrogens is 318 g/mol. The molecule has 106 valence electrons. The van der Waals surface area contributed by atoms with Crippen molar-refractivity contribution in [1.29, 1.82) is 0 Å². The average molecular weight is 336 g/mol. The van der Waals surface area contributed by atoms with Gasteiger partial charge in [0.1, 0.15) is 5.75 Å². The minimum Gasteiger partial charge on any atom is -0.492 e. The number of hydrogen-bond acceptors (Lipinski definition) is 3. The number of nitrogens with zero attached hydrogens (tertiary/aromatic N) is 1. The Kier molecular flexibility index (Phi) is 3.95. The number of halogens is 1. The van der Waals surface area contributed by atoms with Gasteiger partial charge in [-0.15, -0.1) is 0 Å². The maximum absolute atomic E-state index is 10.7. The fourth-order valence-corrected chi connectivity index (χ4v) is 3.41. The van der Waals surface area contributed by atoms with E-state index in [-0.39, 0.29) is 5.54 Å². The second-order valence-corrected chi connectivity index (χ2v) is 6.70. The molecule has 2 saturated carbocycles. The highest BCUT2D eigenvalue weighted by Gasteiger charge is 2.36. The predicted molar refractivity (Wildman–Crippen MR) is 80.6 cm³/mol. The molecule has 0 unspecified atom stereocenters. The topological polar surface area (TPSA) is 38.7 Å². The Labute approximate surface area is 127 Å². The third-order valence-corrected chi connectivity index (χ3v) is 4.95. The second-order valence-electron chi connectivity index (χ2n) is 5.84. The smallest absolute Gasteiger partial charge is 0.235 e. The first-order chi connectivity index (χ1) is 9.73. The summed E-state index contributed by atoms with van der Waals surface area (Å²) in [7, 11) is 0. The molecule has 0 saturated heterocycles. The first kappa shape index (κ1) is 13.8. The summed E-state index contributed by atoms with van der Waals surface area (Å²) in [5.41, 5.74) is 0.725. The van der Waals surface area contributed by atoms with E-state index in [1.807, 2.05) is 18.2 Å². The molecule has 0 atom stereocenters. The SMILES string of the molecule is O=C=NC1(c2ccc(OCC3CC3)c(Br)c2)CCCC1. The van der Waals surface area contributed by atoms with E-state index < -0.39 is 0 Å². The van der Waals surface area contributed by atoms with Gasteiger partial charge < -0.3 is 4.74 Å². The van der Waals surface area contributed by atoms with Crippen molar-refractivity contribution in [3.63, 3.8) is 0 Å². The van der Waals surface area contributed by atoms with E-state index in [1.165, 1.54) is 12.8 Å². The highest BCUT2D eigenvalue weighted by molar-refractivity contribution is 9.10. The maximum atomic E-state index is 10.7. The van der Waals surface area contributed by atoms with Gasteiger partial charge in [0, 0.05) is 0 Å². The van der Waals surface area contributed by atoms with Crippen molar-refractivity contribution in [2.45, 2.75) is 44.1 Å². The van der Waals surface area contributed by atoms with E-state index in [4.69, 9.17) is 4.74 Å². The number of hydrogen-bond donors (Lipinski definition) is 0. The van der Waals surface area contributed by atoms with Crippen LogP contribution in [0.1, 0.15) is 44.1 Å². The van der Waals surface area contributed by atoms with Crippen LogP contribution in [0.3, 0.4) is 0 Å². The van der Waals surface area contributed by atoms with Gasteiger partial charge in [-0.25, -0.2) is 4.79 Å². The summed E-state index contributed by atoms with van der Waals surface area (Å²) in [6.07, 6.45) is 8.41. The number of aliphatic imine (C=N–C) groups is 1. The molecule has 2 aliphatic carbocycles. The van der Waals surface area contributed by atoms with Gasteiger partial charge in [-0.3, -0.25) is 0 Å². The van der Waals surface area contributed by atoms with Crippen molar-refractivity contribution in [2.24, 2.45) is 10.9 Å². The van der Waals surface area contributed by atoms with E-state index in [1.54, 1.807) is 6.08 Å². The van der Waals surface area contributed by atoms with Crippen LogP contribution in [0.25, 0.3) is 0 Å². The van der Waals surface area contributed by atoms with Crippen molar-refractivity contribution in [3.05, 3.63) is 28.2 Å². The Bertz CT molecular complexity index is 541. The van der Waals surface area contributed by atoms with Crippen LogP contribution in [0.2, 0.25) is 0 Å². The van der Waals surface area contributed by atoms with Gasteiger partial charge in [-0.1, -0.05) is 18.9 Å². The maximum Gasteiger partial charge on any atom is 0.235 e. The number of carbonyl (C=O) groups excluding carboxylic acids is 1. The molecule has 0 N–H and O–H groups in total. The highest BCUT2D eigenvalue weighted by atomic mass is 79.9. The minimum absolute atomic E-state index is 0.362. The van der Waals surface area contributed by atoms with Crippen LogP contribution in [0.4, 0.5) is 0 Å². The summed E-state index contributed by atoms with van der Waals surface area (Å²) >= 11 is 3.57. The third kappa shape index (κ3) is 2.82. The van der Waals surface area contributed by atoms with Crippen LogP contribution in [0.5, 0.6) is 5.75 Å². The predicted octanol–water partition coefficient (Wildman–Crippen LogP) is 4.34. The molecule has 2 fully saturated rings. The zero-order chi connectivity index (χ0) is 14.0. The lowest BCUT2D eigenvalue weighted by Gasteiger charge is -2.23. The van der Waals surface area contributed by atoms with Crippen molar-refractivity contribution in [1.82, 2.24) is 0 Å². The van der Waals surface area contributed by atoms with Gasteiger partial charge in [0.15, 0.2) is 0 Å². The Morgan fingerprint density at radius 1 is 1.35 bits per heavy atom. The van der Waals surface area contributed by atoms with Gasteiger partial charge >= 0.3 is 0 Å². The van der Waals surface area contributed by atoms with Gasteiger partial charge in [-0.2, -0.15) is 4.99 Å². The van der Waals surface area contributed by atoms with Gasteiger partial charge in [0.2, 0.25) is 6.08 Å². The van der Waals surface area contributed by atoms with Crippen LogP contribution in [0, 0.1) is 5.92 Å². The summed E-state index contributed by atoms with van der Waals surface area (Å²) in [5, 5.41) is 0. The molecular formula is C16H18BrNO2. The molecule has 0 radical (unpaired) electrons. The fourth-order valence-electron chi connectivity index (χ4n) is 2.91. The molecule has 3 nitrogen and oxygen atoms in total. The van der Waals surface area contributed by atoms with Crippen molar-refractivity contribution in [3.8, 4) is 5.75 Å². The zero-order valence-corrected chi connectivity index (χ0v) is 13.0. The summed E-state index contributed by atoms with van der Waals surface area (Å²) in [5.74, 6) is 1.62. The Hall–Kier alpha value is -1.12. The normalized spacial score (nSPS) is 20.4. The summed E-state index contributed by atoms with van der Waals surface area (Å²) in [6.45, 7) is 0.801. The molecule has 3 rings (SSSR count). The largest absolute Gasteiger partial charge is 0.492 e. The van der Waals surface area contributed by atoms with Crippen molar-refractivity contribution < 1.29 is 9.53 Å². The van der Waals surface area contributed by atoms with Gasteiger partial charge in [-0.05, 0) is 65.2 Å². The van der Waals surface area contributed by atoms with Crippen LogP contribution in [-0.2, 0) is 10.3 Å². The lowest BCUT2D eigenvalue weighted by molar-refractivity contribution is 0.297. The van der Waals surface area contributed by atoms with Crippen molar-refractivity contribution in [2.75, 3.05) is 6.61 Å². The van der Waals surface area contributed by atoms with Gasteiger partial charge in [0.25, 0.3) is 0 Å². The molecule has 0 amide bonds. The molecule has 1 aromatic carbocycles. The van der Waals surface area contributed by atoms with Crippen LogP contribution >= 0.6 is 15.9 Å². The second kappa shape index (κ2) is 5.71. The first-order valence-corrected chi connectivity index (χ1v) is 8.05. The number of ether oxygens (including phenoxy) is 1. The van der Waals surface area contributed by atoms with E-state index >= 15 is 0 Å². The summed E-state index contributed by atoms with van der Waals surface area (Å²) in [4.78, 5) is 14.9. The van der Waals surface area contributed by atoms with Crippen molar-refractivity contribution >= 4 is 22.0 Å². The Morgan fingerprint density at radius 2 is 2.10 bits per heavy atom. The summed E-state index contributed by atoms with van der Waals surface area (Å²) in [6, 6.07) is 6.08. The Balaban J connectivity index is 1.82. The number of rotatable bonds is 5. The minimum atomic E-state index is -0.362. The third-order valence-electron chi connectivity index (χ3n) is 4.33. The van der Waals surface area contributed by atoms with E-state index in [2.05, 4.69) is 20.9 Å². The standard InChI is InChI=1S/C16H18BrNO2/c17-14-9-13(16(18-11-19)7-1-2-8-16)5-6-15(14)20-10-12-3-4-12/h5-6,9,12H,1-4,7-8,10H2. The lowest BCUT2D eigenvalue weighted by atomic mass is 9.89. The quantitative estimate of drug-likeness (QED) is 0.592. The van der Waals surface area contributed by atoms with E-state index in [0.717, 1.165) is 54.0 Å².